The summed E-state index contributed by atoms with van der Waals surface area (Å²) in [5.41, 5.74) is 0. The number of benzene rings is 4. The predicted molar refractivity (Wildman–Crippen MR) is 129 cm³/mol. The number of hydrogen-bond donors (Lipinski definition) is 0. The second-order valence-corrected chi connectivity index (χ2v) is 17.0. The van der Waals surface area contributed by atoms with Crippen LogP contribution in [0.4, 0.5) is 0 Å². The van der Waals surface area contributed by atoms with Gasteiger partial charge in [-0.05, 0) is 48.5 Å². The van der Waals surface area contributed by atoms with E-state index in [1.165, 1.54) is 21.2 Å². The molecule has 5 heteroatoms. The topological polar surface area (TPSA) is 0 Å². The zero-order valence-corrected chi connectivity index (χ0v) is 20.3. The molecule has 0 aliphatic heterocycles. The van der Waals surface area contributed by atoms with Crippen molar-refractivity contribution < 1.29 is 13.0 Å². The van der Waals surface area contributed by atoms with E-state index in [-0.39, 0.29) is 0 Å². The van der Waals surface area contributed by atoms with Crippen LogP contribution in [0.15, 0.2) is 121 Å². The standard InChI is InChI=1S/C24H20P.3ClH.Rh/c1-5-13-21(14-6-1)25(22-15-7-2-8-16-22,23-17-9-3-10-18-23)24-19-11-4-12-20-24;;;;/h1-20H;3*1H;/q+1;;;;+3/p-3. The third-order valence-corrected chi connectivity index (χ3v) is 8.86. The van der Waals surface area contributed by atoms with E-state index < -0.39 is 20.2 Å². The first-order valence-corrected chi connectivity index (χ1v) is 17.0. The van der Waals surface area contributed by atoms with E-state index in [1.807, 2.05) is 0 Å². The van der Waals surface area contributed by atoms with Gasteiger partial charge in [-0.1, -0.05) is 72.8 Å². The molecular weight excluding hydrogens is 529 g/mol. The van der Waals surface area contributed by atoms with Crippen molar-refractivity contribution in [1.29, 1.82) is 0 Å². The van der Waals surface area contributed by atoms with Crippen LogP contribution in [-0.4, -0.2) is 0 Å². The van der Waals surface area contributed by atoms with E-state index >= 15 is 0 Å². The first-order valence-electron chi connectivity index (χ1n) is 8.92. The first kappa shape index (κ1) is 22.5. The monoisotopic (exact) mass is 547 g/mol. The Labute approximate surface area is 190 Å². The molecule has 0 saturated heterocycles. The molecule has 0 fully saturated rings. The van der Waals surface area contributed by atoms with Crippen LogP contribution in [0.5, 0.6) is 0 Å². The second-order valence-electron chi connectivity index (χ2n) is 6.16. The molecule has 4 aromatic rings. The van der Waals surface area contributed by atoms with E-state index in [0.29, 0.717) is 0 Å². The summed E-state index contributed by atoms with van der Waals surface area (Å²) in [5.74, 6) is 0. The molecule has 0 aliphatic carbocycles. The molecule has 150 valence electrons. The molecule has 0 nitrogen and oxygen atoms in total. The van der Waals surface area contributed by atoms with E-state index in [2.05, 4.69) is 121 Å². The normalized spacial score (nSPS) is 11.2. The van der Waals surface area contributed by atoms with Crippen molar-refractivity contribution in [2.24, 2.45) is 0 Å². The molecule has 0 bridgehead atoms. The van der Waals surface area contributed by atoms with Gasteiger partial charge < -0.3 is 0 Å². The second kappa shape index (κ2) is 11.3. The predicted octanol–water partition coefficient (Wildman–Crippen LogP) is 6.37. The van der Waals surface area contributed by atoms with Gasteiger partial charge in [0.15, 0.2) is 0 Å². The Hall–Kier alpha value is -1.20. The van der Waals surface area contributed by atoms with Gasteiger partial charge in [0, 0.05) is 0 Å². The molecule has 0 unspecified atom stereocenters. The molecular formula is C24H20Cl3PRh+. The van der Waals surface area contributed by atoms with Crippen LogP contribution < -0.4 is 21.2 Å². The molecule has 29 heavy (non-hydrogen) atoms. The Morgan fingerprint density at radius 1 is 0.379 bits per heavy atom. The van der Waals surface area contributed by atoms with Gasteiger partial charge in [-0.2, -0.15) is 0 Å². The minimum atomic E-state index is -1.91. The van der Waals surface area contributed by atoms with Gasteiger partial charge in [-0.15, -0.1) is 0 Å². The van der Waals surface area contributed by atoms with Crippen LogP contribution in [0.2, 0.25) is 0 Å². The summed E-state index contributed by atoms with van der Waals surface area (Å²) in [6.45, 7) is 0. The molecule has 0 atom stereocenters. The quantitative estimate of drug-likeness (QED) is 0.205. The third kappa shape index (κ3) is 5.49. The molecule has 0 amide bonds. The number of halogens is 3. The zero-order chi connectivity index (χ0) is 20.5. The van der Waals surface area contributed by atoms with Gasteiger partial charge in [0.2, 0.25) is 0 Å². The fraction of sp³-hybridized carbons (Fsp3) is 0. The van der Waals surface area contributed by atoms with Crippen molar-refractivity contribution in [3.05, 3.63) is 121 Å². The van der Waals surface area contributed by atoms with Crippen LogP contribution in [0.1, 0.15) is 0 Å². The minimum absolute atomic E-state index is 1.39. The molecule has 4 rings (SSSR count). The molecule has 0 N–H and O–H groups in total. The van der Waals surface area contributed by atoms with E-state index in [4.69, 9.17) is 29.1 Å². The van der Waals surface area contributed by atoms with Crippen LogP contribution in [0, 0.1) is 0 Å². The summed E-state index contributed by atoms with van der Waals surface area (Å²) in [6, 6.07) is 43.8. The Balaban J connectivity index is 0.000000552. The summed E-state index contributed by atoms with van der Waals surface area (Å²) < 4.78 is 0. The summed E-state index contributed by atoms with van der Waals surface area (Å²) >= 11 is -1.66. The van der Waals surface area contributed by atoms with E-state index in [0.717, 1.165) is 0 Å². The average molecular weight is 549 g/mol. The minimum Gasteiger partial charge on any atom is -0.0620 e. The molecule has 0 aromatic heterocycles. The summed E-state index contributed by atoms with van der Waals surface area (Å²) in [7, 11) is 12.9. The van der Waals surface area contributed by atoms with Crippen molar-refractivity contribution >= 4 is 57.6 Å². The van der Waals surface area contributed by atoms with E-state index in [1.54, 1.807) is 0 Å². The Kier molecular flexibility index (Phi) is 8.73. The fourth-order valence-corrected chi connectivity index (χ4v) is 7.77. The smallest absolute Gasteiger partial charge is 0.0620 e. The largest absolute Gasteiger partial charge is 0.144 e. The van der Waals surface area contributed by atoms with Crippen LogP contribution in [0.3, 0.4) is 0 Å². The van der Waals surface area contributed by atoms with Gasteiger partial charge in [-0.25, -0.2) is 0 Å². The molecule has 4 aromatic carbocycles. The first-order chi connectivity index (χ1) is 14.2. The van der Waals surface area contributed by atoms with E-state index in [9.17, 15) is 0 Å². The third-order valence-electron chi connectivity index (χ3n) is 4.57. The number of hydrogen-bond acceptors (Lipinski definition) is 0. The maximum absolute atomic E-state index is 4.94. The fourth-order valence-electron chi connectivity index (χ4n) is 3.50. The average Bonchev–Trinajstić information content (AvgIpc) is 2.77. The Morgan fingerprint density at radius 2 is 0.552 bits per heavy atom. The van der Waals surface area contributed by atoms with Crippen LogP contribution >= 0.6 is 36.3 Å². The molecule has 0 spiro atoms. The van der Waals surface area contributed by atoms with Crippen LogP contribution in [-0.2, 0) is 13.0 Å². The van der Waals surface area contributed by atoms with Crippen molar-refractivity contribution in [3.8, 4) is 0 Å². The van der Waals surface area contributed by atoms with Crippen molar-refractivity contribution in [2.75, 3.05) is 0 Å². The summed E-state index contributed by atoms with van der Waals surface area (Å²) in [6.07, 6.45) is 0. The van der Waals surface area contributed by atoms with Crippen LogP contribution in [0.25, 0.3) is 0 Å². The van der Waals surface area contributed by atoms with Gasteiger partial charge in [0.1, 0.15) is 28.5 Å². The molecule has 0 aliphatic rings. The molecule has 0 radical (unpaired) electrons. The van der Waals surface area contributed by atoms with Gasteiger partial charge in [0.25, 0.3) is 0 Å². The number of rotatable bonds is 4. The zero-order valence-electron chi connectivity index (χ0n) is 15.5. The van der Waals surface area contributed by atoms with Crippen molar-refractivity contribution in [2.45, 2.75) is 0 Å². The molecule has 0 saturated carbocycles. The molecule has 0 heterocycles. The maximum atomic E-state index is 4.94. The SMILES string of the molecule is [Cl][Rh]([Cl])[Cl].c1ccc([P+](c2ccccc2)(c2ccccc2)c2ccccc2)cc1. The van der Waals surface area contributed by atoms with Gasteiger partial charge in [-0.3, -0.25) is 0 Å². The summed E-state index contributed by atoms with van der Waals surface area (Å²) in [5, 5.41) is 5.55. The van der Waals surface area contributed by atoms with Gasteiger partial charge in [0.05, 0.1) is 0 Å². The Morgan fingerprint density at radius 3 is 0.724 bits per heavy atom. The maximum Gasteiger partial charge on any atom is 0.144 e. The van der Waals surface area contributed by atoms with Gasteiger partial charge >= 0.3 is 42.1 Å². The van der Waals surface area contributed by atoms with Crippen molar-refractivity contribution in [1.82, 2.24) is 0 Å². The summed E-state index contributed by atoms with van der Waals surface area (Å²) in [4.78, 5) is 0. The van der Waals surface area contributed by atoms with Crippen molar-refractivity contribution in [3.63, 3.8) is 0 Å². The Bertz CT molecular complexity index is 815.